The van der Waals surface area contributed by atoms with Crippen LogP contribution in [0.2, 0.25) is 0 Å². The molecule has 0 aliphatic carbocycles. The van der Waals surface area contributed by atoms with Gasteiger partial charge in [0.1, 0.15) is 0 Å². The molecule has 1 aromatic carbocycles. The minimum Gasteiger partial charge on any atom is -0.361 e. The van der Waals surface area contributed by atoms with Crippen LogP contribution in [-0.2, 0) is 0 Å². The summed E-state index contributed by atoms with van der Waals surface area (Å²) in [6.07, 6.45) is 7.73. The maximum Gasteiger partial charge on any atom is 0.257 e. The summed E-state index contributed by atoms with van der Waals surface area (Å²) in [5.41, 5.74) is 3.86. The molecule has 1 fully saturated rings. The van der Waals surface area contributed by atoms with E-state index in [2.05, 4.69) is 39.5 Å². The number of nitrogens with one attached hydrogen (secondary N) is 2. The fourth-order valence-corrected chi connectivity index (χ4v) is 3.58. The third-order valence-corrected chi connectivity index (χ3v) is 5.05. The lowest BCUT2D eigenvalue weighted by Gasteiger charge is -2.28. The van der Waals surface area contributed by atoms with Crippen LogP contribution in [0.1, 0.15) is 34.7 Å². The molecule has 2 aromatic heterocycles. The summed E-state index contributed by atoms with van der Waals surface area (Å²) >= 11 is 0. The van der Waals surface area contributed by atoms with Gasteiger partial charge in [-0.25, -0.2) is 0 Å². The summed E-state index contributed by atoms with van der Waals surface area (Å²) in [5, 5.41) is 4.18. The van der Waals surface area contributed by atoms with Crippen LogP contribution >= 0.6 is 0 Å². The van der Waals surface area contributed by atoms with Gasteiger partial charge in [-0.2, -0.15) is 0 Å². The highest BCUT2D eigenvalue weighted by Gasteiger charge is 2.21. The van der Waals surface area contributed by atoms with E-state index in [9.17, 15) is 4.79 Å². The Hall–Kier alpha value is -2.66. The van der Waals surface area contributed by atoms with Gasteiger partial charge in [0.15, 0.2) is 0 Å². The van der Waals surface area contributed by atoms with Gasteiger partial charge in [0, 0.05) is 35.2 Å². The Morgan fingerprint density at radius 2 is 2.12 bits per heavy atom. The van der Waals surface area contributed by atoms with Crippen molar-refractivity contribution in [3.63, 3.8) is 0 Å². The number of aromatic nitrogens is 2. The Balaban J connectivity index is 1.59. The van der Waals surface area contributed by atoms with Crippen molar-refractivity contribution in [2.45, 2.75) is 18.8 Å². The van der Waals surface area contributed by atoms with Crippen LogP contribution in [0.3, 0.4) is 0 Å². The van der Waals surface area contributed by atoms with Gasteiger partial charge >= 0.3 is 0 Å². The Bertz CT molecular complexity index is 879. The molecule has 1 saturated heterocycles. The molecule has 5 heteroatoms. The van der Waals surface area contributed by atoms with E-state index in [0.29, 0.717) is 11.5 Å². The Labute approximate surface area is 147 Å². The highest BCUT2D eigenvalue weighted by atomic mass is 16.1. The quantitative estimate of drug-likeness (QED) is 0.769. The number of nitrogens with zero attached hydrogens (tertiary/aromatic N) is 2. The molecule has 3 heterocycles. The van der Waals surface area contributed by atoms with Gasteiger partial charge in [-0.3, -0.25) is 9.78 Å². The number of amides is 1. The number of benzene rings is 1. The third-order valence-electron chi connectivity index (χ3n) is 5.05. The molecule has 4 rings (SSSR count). The number of piperidine rings is 1. The first-order valence-corrected chi connectivity index (χ1v) is 8.71. The molecule has 0 radical (unpaired) electrons. The maximum atomic E-state index is 12.3. The first-order valence-electron chi connectivity index (χ1n) is 8.71. The molecule has 128 valence electrons. The highest BCUT2D eigenvalue weighted by Crippen LogP contribution is 2.34. The minimum absolute atomic E-state index is 0.135. The van der Waals surface area contributed by atoms with Crippen LogP contribution in [0.15, 0.2) is 48.9 Å². The molecule has 0 atom stereocenters. The van der Waals surface area contributed by atoms with Crippen molar-refractivity contribution in [2.24, 2.45) is 0 Å². The van der Waals surface area contributed by atoms with Gasteiger partial charge in [0.2, 0.25) is 0 Å². The number of hydrogen-bond donors (Lipinski definition) is 2. The Kier molecular flexibility index (Phi) is 4.24. The number of pyridine rings is 1. The minimum atomic E-state index is -0.135. The van der Waals surface area contributed by atoms with Gasteiger partial charge in [-0.05, 0) is 74.8 Å². The van der Waals surface area contributed by atoms with E-state index in [0.717, 1.165) is 24.3 Å². The second kappa shape index (κ2) is 6.69. The highest BCUT2D eigenvalue weighted by molar-refractivity contribution is 6.05. The van der Waals surface area contributed by atoms with E-state index in [4.69, 9.17) is 0 Å². The molecule has 3 aromatic rings. The predicted molar refractivity (Wildman–Crippen MR) is 100.0 cm³/mol. The van der Waals surface area contributed by atoms with E-state index in [1.807, 2.05) is 12.1 Å². The lowest BCUT2D eigenvalue weighted by atomic mass is 9.89. The van der Waals surface area contributed by atoms with Crippen molar-refractivity contribution in [3.05, 3.63) is 60.0 Å². The molecule has 2 N–H and O–H groups in total. The number of hydrogen-bond acceptors (Lipinski definition) is 3. The van der Waals surface area contributed by atoms with E-state index in [1.54, 1.807) is 24.5 Å². The van der Waals surface area contributed by atoms with Crippen LogP contribution < -0.4 is 5.32 Å². The second-order valence-electron chi connectivity index (χ2n) is 6.78. The summed E-state index contributed by atoms with van der Waals surface area (Å²) in [5.74, 6) is 0.443. The van der Waals surface area contributed by atoms with Gasteiger partial charge in [0.25, 0.3) is 5.91 Å². The number of H-pyrrole nitrogens is 1. The van der Waals surface area contributed by atoms with Crippen LogP contribution in [0.25, 0.3) is 10.9 Å². The van der Waals surface area contributed by atoms with Crippen molar-refractivity contribution in [2.75, 3.05) is 25.5 Å². The van der Waals surface area contributed by atoms with Crippen molar-refractivity contribution in [1.82, 2.24) is 14.9 Å². The number of aromatic amines is 1. The monoisotopic (exact) mass is 334 g/mol. The van der Waals surface area contributed by atoms with Gasteiger partial charge < -0.3 is 15.2 Å². The molecule has 1 aliphatic rings. The van der Waals surface area contributed by atoms with Crippen molar-refractivity contribution in [1.29, 1.82) is 0 Å². The first kappa shape index (κ1) is 15.8. The molecule has 1 aliphatic heterocycles. The summed E-state index contributed by atoms with van der Waals surface area (Å²) in [7, 11) is 2.18. The summed E-state index contributed by atoms with van der Waals surface area (Å²) in [4.78, 5) is 22.1. The Morgan fingerprint density at radius 1 is 1.28 bits per heavy atom. The van der Waals surface area contributed by atoms with Crippen LogP contribution in [-0.4, -0.2) is 40.9 Å². The normalized spacial score (nSPS) is 16.2. The summed E-state index contributed by atoms with van der Waals surface area (Å²) in [6, 6.07) is 9.58. The van der Waals surface area contributed by atoms with Crippen LogP contribution in [0.4, 0.5) is 5.69 Å². The lowest BCUT2D eigenvalue weighted by molar-refractivity contribution is 0.102. The average Bonchev–Trinajstić information content (AvgIpc) is 3.06. The molecular weight excluding hydrogens is 312 g/mol. The summed E-state index contributed by atoms with van der Waals surface area (Å²) in [6.45, 7) is 2.27. The molecule has 0 unspecified atom stereocenters. The van der Waals surface area contributed by atoms with E-state index in [-0.39, 0.29) is 5.91 Å². The number of anilines is 1. The number of carbonyl (C=O) groups excluding carboxylic acids is 1. The van der Waals surface area contributed by atoms with Crippen LogP contribution in [0.5, 0.6) is 0 Å². The SMILES string of the molecule is CN1CCC(c2c[nH]c3ccc(NC(=O)c4cccnc4)cc23)CC1. The average molecular weight is 334 g/mol. The number of fused-ring (bicyclic) bond motifs is 1. The van der Waals surface area contributed by atoms with Crippen LogP contribution in [0, 0.1) is 0 Å². The predicted octanol–water partition coefficient (Wildman–Crippen LogP) is 3.62. The molecule has 0 bridgehead atoms. The number of carbonyl (C=O) groups is 1. The van der Waals surface area contributed by atoms with E-state index >= 15 is 0 Å². The smallest absolute Gasteiger partial charge is 0.257 e. The molecular formula is C20H22N4O. The molecule has 0 spiro atoms. The second-order valence-corrected chi connectivity index (χ2v) is 6.78. The van der Waals surface area contributed by atoms with Gasteiger partial charge in [0.05, 0.1) is 5.56 Å². The van der Waals surface area contributed by atoms with Gasteiger partial charge in [-0.1, -0.05) is 0 Å². The van der Waals surface area contributed by atoms with Crippen molar-refractivity contribution in [3.8, 4) is 0 Å². The number of likely N-dealkylation sites (tertiary alicyclic amines) is 1. The zero-order chi connectivity index (χ0) is 17.2. The molecule has 0 saturated carbocycles. The molecule has 1 amide bonds. The Morgan fingerprint density at radius 3 is 2.88 bits per heavy atom. The standard InChI is InChI=1S/C20H22N4O/c1-24-9-6-14(7-10-24)18-13-22-19-5-4-16(11-17(18)19)23-20(25)15-3-2-8-21-12-15/h2-5,8,11-14,22H,6-7,9-10H2,1H3,(H,23,25). The maximum absolute atomic E-state index is 12.3. The summed E-state index contributed by atoms with van der Waals surface area (Å²) < 4.78 is 0. The fraction of sp³-hybridized carbons (Fsp3) is 0.300. The third kappa shape index (κ3) is 3.28. The molecule has 25 heavy (non-hydrogen) atoms. The van der Waals surface area contributed by atoms with Gasteiger partial charge in [-0.15, -0.1) is 0 Å². The first-order chi connectivity index (χ1) is 12.2. The van der Waals surface area contributed by atoms with Crippen molar-refractivity contribution >= 4 is 22.5 Å². The largest absolute Gasteiger partial charge is 0.361 e. The zero-order valence-corrected chi connectivity index (χ0v) is 14.3. The fourth-order valence-electron chi connectivity index (χ4n) is 3.58. The van der Waals surface area contributed by atoms with E-state index in [1.165, 1.54) is 23.8 Å². The van der Waals surface area contributed by atoms with E-state index < -0.39 is 0 Å². The topological polar surface area (TPSA) is 61.0 Å². The van der Waals surface area contributed by atoms with Crippen molar-refractivity contribution < 1.29 is 4.79 Å². The molecule has 5 nitrogen and oxygen atoms in total. The lowest BCUT2D eigenvalue weighted by Crippen LogP contribution is -2.29. The zero-order valence-electron chi connectivity index (χ0n) is 14.3. The number of rotatable bonds is 3.